The zero-order valence-corrected chi connectivity index (χ0v) is 14.2. The van der Waals surface area contributed by atoms with Crippen molar-refractivity contribution in [2.45, 2.75) is 32.1 Å². The van der Waals surface area contributed by atoms with Gasteiger partial charge >= 0.3 is 5.97 Å². The Bertz CT molecular complexity index is 710. The molecule has 0 fully saturated rings. The van der Waals surface area contributed by atoms with Crippen molar-refractivity contribution < 1.29 is 19.2 Å². The summed E-state index contributed by atoms with van der Waals surface area (Å²) in [6, 6.07) is 8.50. The number of aliphatic carboxylic acids is 1. The Kier molecular flexibility index (Phi) is 5.98. The molecule has 0 bridgehead atoms. The summed E-state index contributed by atoms with van der Waals surface area (Å²) in [5, 5.41) is 16.1. The smallest absolute Gasteiger partial charge is 0.304 e. The molecule has 2 aromatic rings. The SMILES string of the molecule is CC(C)c1cc(C(=O)NC[C@H](CC(=O)O)c2ccc(Cl)cc2)no1. The van der Waals surface area contributed by atoms with Gasteiger partial charge in [0.1, 0.15) is 5.76 Å². The van der Waals surface area contributed by atoms with Gasteiger partial charge in [0.2, 0.25) is 0 Å². The number of carbonyl (C=O) groups excluding carboxylic acids is 1. The molecule has 0 saturated heterocycles. The number of hydrogen-bond acceptors (Lipinski definition) is 4. The maximum Gasteiger partial charge on any atom is 0.304 e. The van der Waals surface area contributed by atoms with Gasteiger partial charge in [0.05, 0.1) is 6.42 Å². The molecule has 0 unspecified atom stereocenters. The molecule has 2 rings (SSSR count). The number of aromatic nitrogens is 1. The Morgan fingerprint density at radius 3 is 2.50 bits per heavy atom. The zero-order valence-electron chi connectivity index (χ0n) is 13.5. The van der Waals surface area contributed by atoms with E-state index in [1.165, 1.54) is 0 Å². The molecule has 1 aromatic heterocycles. The van der Waals surface area contributed by atoms with Crippen molar-refractivity contribution in [1.29, 1.82) is 0 Å². The van der Waals surface area contributed by atoms with Crippen LogP contribution in [0.3, 0.4) is 0 Å². The van der Waals surface area contributed by atoms with Gasteiger partial charge in [0, 0.05) is 29.5 Å². The minimum atomic E-state index is -0.937. The fourth-order valence-electron chi connectivity index (χ4n) is 2.23. The Balaban J connectivity index is 2.04. The van der Waals surface area contributed by atoms with Gasteiger partial charge in [-0.25, -0.2) is 0 Å². The summed E-state index contributed by atoms with van der Waals surface area (Å²) < 4.78 is 5.10. The second kappa shape index (κ2) is 7.97. The molecule has 1 heterocycles. The van der Waals surface area contributed by atoms with E-state index in [-0.39, 0.29) is 30.5 Å². The van der Waals surface area contributed by atoms with Crippen molar-refractivity contribution in [3.8, 4) is 0 Å². The number of benzene rings is 1. The topological polar surface area (TPSA) is 92.4 Å². The first kappa shape index (κ1) is 18.0. The number of rotatable bonds is 7. The summed E-state index contributed by atoms with van der Waals surface area (Å²) in [6.07, 6.45) is -0.0992. The van der Waals surface area contributed by atoms with Gasteiger partial charge in [-0.2, -0.15) is 0 Å². The molecule has 0 aliphatic heterocycles. The summed E-state index contributed by atoms with van der Waals surface area (Å²) in [5.74, 6) is -0.935. The lowest BCUT2D eigenvalue weighted by atomic mass is 9.95. The van der Waals surface area contributed by atoms with Gasteiger partial charge in [-0.3, -0.25) is 9.59 Å². The van der Waals surface area contributed by atoms with E-state index in [9.17, 15) is 9.59 Å². The number of amides is 1. The second-order valence-electron chi connectivity index (χ2n) is 5.83. The molecule has 0 aliphatic rings. The number of carboxylic acids is 1. The molecule has 0 spiro atoms. The second-order valence-corrected chi connectivity index (χ2v) is 6.26. The standard InChI is InChI=1S/C17H19ClN2O4/c1-10(2)15-8-14(20-24-15)17(23)19-9-12(7-16(21)22)11-3-5-13(18)6-4-11/h3-6,8,10,12H,7,9H2,1-2H3,(H,19,23)(H,21,22)/t12-/m0/s1. The van der Waals surface area contributed by atoms with Crippen molar-refractivity contribution in [3.63, 3.8) is 0 Å². The number of hydrogen-bond donors (Lipinski definition) is 2. The maximum absolute atomic E-state index is 12.2. The molecule has 0 aliphatic carbocycles. The van der Waals surface area contributed by atoms with Crippen LogP contribution in [0.4, 0.5) is 0 Å². The molecular weight excluding hydrogens is 332 g/mol. The highest BCUT2D eigenvalue weighted by Gasteiger charge is 2.19. The summed E-state index contributed by atoms with van der Waals surface area (Å²) in [7, 11) is 0. The van der Waals surface area contributed by atoms with Crippen LogP contribution in [0.25, 0.3) is 0 Å². The molecule has 7 heteroatoms. The summed E-state index contributed by atoms with van der Waals surface area (Å²) >= 11 is 5.85. The molecule has 1 amide bonds. The minimum absolute atomic E-state index is 0.0992. The fraction of sp³-hybridized carbons (Fsp3) is 0.353. The first-order valence-corrected chi connectivity index (χ1v) is 7.96. The number of nitrogens with zero attached hydrogens (tertiary/aromatic N) is 1. The third-order valence-electron chi connectivity index (χ3n) is 3.60. The molecule has 6 nitrogen and oxygen atoms in total. The normalized spacial score (nSPS) is 12.2. The first-order valence-electron chi connectivity index (χ1n) is 7.59. The van der Waals surface area contributed by atoms with Gasteiger partial charge in [-0.15, -0.1) is 0 Å². The van der Waals surface area contributed by atoms with Gasteiger partial charge in [0.25, 0.3) is 5.91 Å². The average Bonchev–Trinajstić information content (AvgIpc) is 3.02. The highest BCUT2D eigenvalue weighted by atomic mass is 35.5. The van der Waals surface area contributed by atoms with Gasteiger partial charge in [-0.05, 0) is 17.7 Å². The van der Waals surface area contributed by atoms with Crippen molar-refractivity contribution >= 4 is 23.5 Å². The van der Waals surface area contributed by atoms with E-state index in [1.807, 2.05) is 13.8 Å². The van der Waals surface area contributed by atoms with Crippen molar-refractivity contribution in [2.75, 3.05) is 6.54 Å². The van der Waals surface area contributed by atoms with Crippen LogP contribution in [0.1, 0.15) is 53.9 Å². The maximum atomic E-state index is 12.2. The number of halogens is 1. The molecule has 2 N–H and O–H groups in total. The van der Waals surface area contributed by atoms with Gasteiger partial charge < -0.3 is 14.9 Å². The average molecular weight is 351 g/mol. The van der Waals surface area contributed by atoms with E-state index in [0.717, 1.165) is 5.56 Å². The molecule has 128 valence electrons. The lowest BCUT2D eigenvalue weighted by molar-refractivity contribution is -0.137. The van der Waals surface area contributed by atoms with Crippen LogP contribution in [-0.4, -0.2) is 28.7 Å². The van der Waals surface area contributed by atoms with Crippen molar-refractivity contribution in [3.05, 3.63) is 52.4 Å². The molecular formula is C17H19ClN2O4. The number of carboxylic acid groups (broad SMARTS) is 1. The van der Waals surface area contributed by atoms with E-state index in [1.54, 1.807) is 30.3 Å². The lowest BCUT2D eigenvalue weighted by Gasteiger charge is -2.16. The van der Waals surface area contributed by atoms with E-state index in [4.69, 9.17) is 21.2 Å². The van der Waals surface area contributed by atoms with Crippen LogP contribution >= 0.6 is 11.6 Å². The van der Waals surface area contributed by atoms with Crippen LogP contribution in [0.15, 0.2) is 34.9 Å². The Labute approximate surface area is 144 Å². The zero-order chi connectivity index (χ0) is 17.7. The number of nitrogens with one attached hydrogen (secondary N) is 1. The van der Waals surface area contributed by atoms with Gasteiger partial charge in [0.15, 0.2) is 5.69 Å². The predicted molar refractivity (Wildman–Crippen MR) is 89.4 cm³/mol. The first-order chi connectivity index (χ1) is 11.4. The molecule has 1 atom stereocenters. The third kappa shape index (κ3) is 4.83. The predicted octanol–water partition coefficient (Wildman–Crippen LogP) is 3.44. The van der Waals surface area contributed by atoms with E-state index in [0.29, 0.717) is 10.8 Å². The molecule has 0 saturated carbocycles. The van der Waals surface area contributed by atoms with Crippen molar-refractivity contribution in [1.82, 2.24) is 10.5 Å². The largest absolute Gasteiger partial charge is 0.481 e. The highest BCUT2D eigenvalue weighted by Crippen LogP contribution is 2.21. The van der Waals surface area contributed by atoms with Crippen LogP contribution in [0, 0.1) is 0 Å². The monoisotopic (exact) mass is 350 g/mol. The van der Waals surface area contributed by atoms with Crippen LogP contribution < -0.4 is 5.32 Å². The highest BCUT2D eigenvalue weighted by molar-refractivity contribution is 6.30. The Hall–Kier alpha value is -2.34. The van der Waals surface area contributed by atoms with Crippen LogP contribution in [0.5, 0.6) is 0 Å². The van der Waals surface area contributed by atoms with E-state index < -0.39 is 11.9 Å². The Morgan fingerprint density at radius 1 is 1.29 bits per heavy atom. The van der Waals surface area contributed by atoms with Gasteiger partial charge in [-0.1, -0.05) is 42.7 Å². The summed E-state index contributed by atoms with van der Waals surface area (Å²) in [5.41, 5.74) is 0.981. The lowest BCUT2D eigenvalue weighted by Crippen LogP contribution is -2.29. The van der Waals surface area contributed by atoms with E-state index >= 15 is 0 Å². The molecule has 1 aromatic carbocycles. The molecule has 0 radical (unpaired) electrons. The van der Waals surface area contributed by atoms with E-state index in [2.05, 4.69) is 10.5 Å². The summed E-state index contributed by atoms with van der Waals surface area (Å²) in [4.78, 5) is 23.2. The quantitative estimate of drug-likeness (QED) is 0.798. The minimum Gasteiger partial charge on any atom is -0.481 e. The van der Waals surface area contributed by atoms with Crippen molar-refractivity contribution in [2.24, 2.45) is 0 Å². The van der Waals surface area contributed by atoms with Crippen LogP contribution in [0.2, 0.25) is 5.02 Å². The molecule has 24 heavy (non-hydrogen) atoms. The fourth-order valence-corrected chi connectivity index (χ4v) is 2.35. The number of carbonyl (C=O) groups is 2. The Morgan fingerprint density at radius 2 is 1.96 bits per heavy atom. The summed E-state index contributed by atoms with van der Waals surface area (Å²) in [6.45, 7) is 4.05. The third-order valence-corrected chi connectivity index (χ3v) is 3.85. The van der Waals surface area contributed by atoms with Crippen LogP contribution in [-0.2, 0) is 4.79 Å².